The molecule has 0 saturated carbocycles. The van der Waals surface area contributed by atoms with Crippen LogP contribution in [0, 0.1) is 25.1 Å². The van der Waals surface area contributed by atoms with Crippen LogP contribution in [-0.2, 0) is 0 Å². The Kier molecular flexibility index (Phi) is 6.09. The number of carbonyl (C=O) groups excluding carboxylic acids is 2. The second-order valence-electron chi connectivity index (χ2n) is 8.10. The number of fused-ring (bicyclic) bond motifs is 2. The van der Waals surface area contributed by atoms with Crippen LogP contribution >= 0.6 is 22.9 Å². The fourth-order valence-corrected chi connectivity index (χ4v) is 5.54. The van der Waals surface area contributed by atoms with Crippen molar-refractivity contribution >= 4 is 56.0 Å². The van der Waals surface area contributed by atoms with Crippen LogP contribution in [0.1, 0.15) is 28.2 Å². The molecule has 1 saturated heterocycles. The normalized spacial score (nSPS) is 13.4. The maximum Gasteiger partial charge on any atom is 0.327 e. The van der Waals surface area contributed by atoms with Crippen molar-refractivity contribution in [2.45, 2.75) is 19.8 Å². The van der Waals surface area contributed by atoms with E-state index in [1.807, 2.05) is 4.90 Å². The Bertz CT molecular complexity index is 1530. The molecule has 7 nitrogen and oxygen atoms in total. The summed E-state index contributed by atoms with van der Waals surface area (Å²) in [6, 6.07) is 5.86. The lowest BCUT2D eigenvalue weighted by Crippen LogP contribution is -2.29. The number of thiophene rings is 1. The molecule has 1 N–H and O–H groups in total. The molecule has 1 fully saturated rings. The van der Waals surface area contributed by atoms with E-state index in [0.717, 1.165) is 25.9 Å². The average molecular weight is 511 g/mol. The largest absolute Gasteiger partial charge is 0.453 e. The van der Waals surface area contributed by atoms with Gasteiger partial charge >= 0.3 is 6.03 Å². The number of nitrogens with zero attached hydrogens (tertiary/aromatic N) is 3. The van der Waals surface area contributed by atoms with E-state index in [0.29, 0.717) is 32.1 Å². The summed E-state index contributed by atoms with van der Waals surface area (Å²) in [5.41, 5.74) is 1.27. The highest BCUT2D eigenvalue weighted by Gasteiger charge is 2.25. The number of ether oxygens (including phenoxy) is 1. The lowest BCUT2D eigenvalue weighted by molar-refractivity contribution is 0.0797. The quantitative estimate of drug-likeness (QED) is 0.364. The van der Waals surface area contributed by atoms with Crippen molar-refractivity contribution in [3.8, 4) is 23.8 Å². The Morgan fingerprint density at radius 1 is 1.29 bits per heavy atom. The zero-order valence-corrected chi connectivity index (χ0v) is 20.3. The Hall–Kier alpha value is -3.61. The van der Waals surface area contributed by atoms with Gasteiger partial charge in [-0.1, -0.05) is 17.5 Å². The highest BCUT2D eigenvalue weighted by molar-refractivity contribution is 7.21. The third-order valence-electron chi connectivity index (χ3n) is 5.94. The Morgan fingerprint density at radius 2 is 2.06 bits per heavy atom. The Labute approximate surface area is 209 Å². The van der Waals surface area contributed by atoms with E-state index in [1.54, 1.807) is 31.3 Å². The summed E-state index contributed by atoms with van der Waals surface area (Å²) in [4.78, 5) is 32.1. The van der Waals surface area contributed by atoms with Crippen LogP contribution in [0.4, 0.5) is 9.18 Å². The van der Waals surface area contributed by atoms with Gasteiger partial charge < -0.3 is 15.0 Å². The number of hydrogen-bond donors (Lipinski definition) is 1. The number of hydrogen-bond acceptors (Lipinski definition) is 5. The highest BCUT2D eigenvalue weighted by atomic mass is 35.5. The number of benzene rings is 1. The van der Waals surface area contributed by atoms with E-state index >= 15 is 4.39 Å². The van der Waals surface area contributed by atoms with Crippen LogP contribution in [0.25, 0.3) is 21.1 Å². The highest BCUT2D eigenvalue weighted by Crippen LogP contribution is 2.40. The van der Waals surface area contributed by atoms with Gasteiger partial charge in [0.15, 0.2) is 11.6 Å². The minimum Gasteiger partial charge on any atom is -0.453 e. The van der Waals surface area contributed by atoms with Gasteiger partial charge in [0.2, 0.25) is 0 Å². The van der Waals surface area contributed by atoms with Crippen LogP contribution in [-0.4, -0.2) is 46.0 Å². The van der Waals surface area contributed by atoms with Crippen molar-refractivity contribution in [2.24, 2.45) is 0 Å². The monoisotopic (exact) mass is 510 g/mol. The van der Waals surface area contributed by atoms with E-state index < -0.39 is 11.8 Å². The number of nitrogens with one attached hydrogen (secondary N) is 1. The SMILES string of the molecule is C#CCNC(=O)n1c(C)c(Cl)c2c(F)c(Oc3ccnc4cc(C(=O)N5CCCC5)sc34)ccc21. The fourth-order valence-electron chi connectivity index (χ4n) is 4.24. The predicted molar refractivity (Wildman–Crippen MR) is 134 cm³/mol. The number of rotatable bonds is 4. The van der Waals surface area contributed by atoms with Crippen molar-refractivity contribution in [1.82, 2.24) is 19.8 Å². The van der Waals surface area contributed by atoms with Crippen molar-refractivity contribution in [3.05, 3.63) is 51.9 Å². The minimum atomic E-state index is -0.700. The first-order valence-electron chi connectivity index (χ1n) is 11.0. The maximum atomic E-state index is 15.6. The smallest absolute Gasteiger partial charge is 0.327 e. The molecule has 3 aromatic heterocycles. The van der Waals surface area contributed by atoms with Gasteiger partial charge in [-0.05, 0) is 38.0 Å². The Balaban J connectivity index is 1.52. The molecule has 0 aliphatic carbocycles. The molecule has 5 rings (SSSR count). The number of likely N-dealkylation sites (tertiary alicyclic amines) is 1. The average Bonchev–Trinajstić information content (AvgIpc) is 3.59. The fraction of sp³-hybridized carbons (Fsp3) is 0.240. The van der Waals surface area contributed by atoms with Gasteiger partial charge in [-0.15, -0.1) is 17.8 Å². The summed E-state index contributed by atoms with van der Waals surface area (Å²) in [6.07, 6.45) is 8.77. The molecule has 0 unspecified atom stereocenters. The van der Waals surface area contributed by atoms with E-state index in [9.17, 15) is 9.59 Å². The molecule has 0 atom stereocenters. The molecule has 1 aliphatic rings. The number of pyridine rings is 1. The van der Waals surface area contributed by atoms with Crippen LogP contribution in [0.2, 0.25) is 5.02 Å². The van der Waals surface area contributed by atoms with E-state index in [-0.39, 0.29) is 28.6 Å². The topological polar surface area (TPSA) is 76.5 Å². The number of carbonyl (C=O) groups is 2. The van der Waals surface area contributed by atoms with Gasteiger partial charge in [-0.3, -0.25) is 14.3 Å². The van der Waals surface area contributed by atoms with Gasteiger partial charge in [-0.2, -0.15) is 0 Å². The zero-order valence-electron chi connectivity index (χ0n) is 18.7. The van der Waals surface area contributed by atoms with E-state index in [4.69, 9.17) is 22.8 Å². The molecule has 1 aromatic carbocycles. The van der Waals surface area contributed by atoms with Gasteiger partial charge in [0, 0.05) is 31.0 Å². The molecule has 10 heteroatoms. The lowest BCUT2D eigenvalue weighted by atomic mass is 10.2. The van der Waals surface area contributed by atoms with Crippen LogP contribution < -0.4 is 10.1 Å². The Morgan fingerprint density at radius 3 is 2.80 bits per heavy atom. The molecule has 35 heavy (non-hydrogen) atoms. The molecule has 4 heterocycles. The molecule has 0 spiro atoms. The van der Waals surface area contributed by atoms with Gasteiger partial charge in [0.05, 0.1) is 37.6 Å². The summed E-state index contributed by atoms with van der Waals surface area (Å²) < 4.78 is 23.5. The van der Waals surface area contributed by atoms with Gasteiger partial charge in [0.25, 0.3) is 5.91 Å². The van der Waals surface area contributed by atoms with Crippen molar-refractivity contribution in [2.75, 3.05) is 19.6 Å². The molecule has 0 radical (unpaired) electrons. The van der Waals surface area contributed by atoms with Crippen LogP contribution in [0.3, 0.4) is 0 Å². The minimum absolute atomic E-state index is 0.0281. The number of aromatic nitrogens is 2. The lowest BCUT2D eigenvalue weighted by Gasteiger charge is -2.13. The number of amides is 2. The molecule has 2 amide bonds. The summed E-state index contributed by atoms with van der Waals surface area (Å²) >= 11 is 7.68. The van der Waals surface area contributed by atoms with Crippen molar-refractivity contribution < 1.29 is 18.7 Å². The first kappa shape index (κ1) is 23.1. The third-order valence-corrected chi connectivity index (χ3v) is 7.53. The summed E-state index contributed by atoms with van der Waals surface area (Å²) in [7, 11) is 0. The molecule has 0 bridgehead atoms. The summed E-state index contributed by atoms with van der Waals surface area (Å²) in [5, 5.41) is 2.73. The van der Waals surface area contributed by atoms with Crippen LogP contribution in [0.5, 0.6) is 11.5 Å². The predicted octanol–water partition coefficient (Wildman–Crippen LogP) is 5.57. The molecular formula is C25H20ClFN4O3S. The van der Waals surface area contributed by atoms with Crippen molar-refractivity contribution in [3.63, 3.8) is 0 Å². The van der Waals surface area contributed by atoms with E-state index in [2.05, 4.69) is 16.2 Å². The molecule has 4 aromatic rings. The first-order chi connectivity index (χ1) is 16.9. The van der Waals surface area contributed by atoms with Gasteiger partial charge in [-0.25, -0.2) is 9.18 Å². The van der Waals surface area contributed by atoms with Gasteiger partial charge in [0.1, 0.15) is 5.75 Å². The molecule has 178 valence electrons. The summed E-state index contributed by atoms with van der Waals surface area (Å²) in [5.74, 6) is 1.91. The standard InChI is InChI=1S/C25H20ClFN4O3S/c1-3-9-29-25(33)31-14(2)21(26)20-16(31)6-7-17(22(20)27)34-18-8-10-28-15-13-19(35-23(15)18)24(32)30-11-4-5-12-30/h1,6-8,10,13H,4-5,9,11-12H2,2H3,(H,29,33). The second-order valence-corrected chi connectivity index (χ2v) is 9.54. The second kappa shape index (κ2) is 9.21. The van der Waals surface area contributed by atoms with Crippen LogP contribution in [0.15, 0.2) is 30.5 Å². The first-order valence-corrected chi connectivity index (χ1v) is 12.2. The number of halogens is 2. The third kappa shape index (κ3) is 3.99. The zero-order chi connectivity index (χ0) is 24.7. The van der Waals surface area contributed by atoms with E-state index in [1.165, 1.54) is 22.0 Å². The summed E-state index contributed by atoms with van der Waals surface area (Å²) in [6.45, 7) is 3.14. The maximum absolute atomic E-state index is 15.6. The number of terminal acetylenes is 1. The molecular weight excluding hydrogens is 491 g/mol. The van der Waals surface area contributed by atoms with Crippen molar-refractivity contribution in [1.29, 1.82) is 0 Å². The molecule has 1 aliphatic heterocycles.